The van der Waals surface area contributed by atoms with E-state index in [1.165, 1.54) is 0 Å². The molecule has 32 heavy (non-hydrogen) atoms. The van der Waals surface area contributed by atoms with Gasteiger partial charge in [0.1, 0.15) is 5.84 Å². The molecule has 3 aromatic rings. The van der Waals surface area contributed by atoms with E-state index in [-0.39, 0.29) is 23.6 Å². The van der Waals surface area contributed by atoms with Crippen LogP contribution in [0.25, 0.3) is 11.3 Å². The number of rotatable bonds is 5. The van der Waals surface area contributed by atoms with Crippen molar-refractivity contribution < 1.29 is 4.79 Å². The van der Waals surface area contributed by atoms with Crippen molar-refractivity contribution in [3.63, 3.8) is 0 Å². The van der Waals surface area contributed by atoms with Crippen molar-refractivity contribution in [2.45, 2.75) is 47.0 Å². The Morgan fingerprint density at radius 3 is 2.06 bits per heavy atom. The summed E-state index contributed by atoms with van der Waals surface area (Å²) in [5.41, 5.74) is 15.2. The number of nitrogens with two attached hydrogens (primary N) is 2. The molecule has 0 saturated heterocycles. The molecule has 0 aliphatic heterocycles. The van der Waals surface area contributed by atoms with Crippen LogP contribution in [0.1, 0.15) is 56.1 Å². The smallest absolute Gasteiger partial charge is 0.278 e. The first-order valence-corrected chi connectivity index (χ1v) is 10.7. The topological polar surface area (TPSA) is 120 Å². The van der Waals surface area contributed by atoms with Gasteiger partial charge in [0.05, 0.1) is 11.1 Å². The van der Waals surface area contributed by atoms with E-state index in [1.54, 1.807) is 30.7 Å². The molecule has 0 aliphatic rings. The Kier molecular flexibility index (Phi) is 8.18. The van der Waals surface area contributed by atoms with Crippen molar-refractivity contribution in [2.24, 2.45) is 16.6 Å². The Balaban J connectivity index is 0.00000176. The molecule has 2 aromatic heterocycles. The monoisotopic (exact) mass is 432 g/mol. The number of aryl methyl sites for hydroxylation is 1. The molecular weight excluding hydrogens is 400 g/mol. The van der Waals surface area contributed by atoms with E-state index in [1.807, 2.05) is 65.8 Å². The number of carbonyl (C=O) groups is 1. The number of aliphatic imine (C=N–C) groups is 1. The van der Waals surface area contributed by atoms with Crippen LogP contribution in [-0.4, -0.2) is 26.7 Å². The number of pyridine rings is 1. The first-order chi connectivity index (χ1) is 15.2. The molecular formula is C25H32N6O. The number of amides is 1. The molecule has 0 saturated carbocycles. The van der Waals surface area contributed by atoms with Crippen molar-refractivity contribution >= 4 is 17.7 Å². The Morgan fingerprint density at radius 1 is 0.969 bits per heavy atom. The minimum atomic E-state index is -0.663. The third-order valence-corrected chi connectivity index (χ3v) is 5.54. The molecule has 1 unspecified atom stereocenters. The van der Waals surface area contributed by atoms with Crippen molar-refractivity contribution in [3.8, 4) is 11.3 Å². The van der Waals surface area contributed by atoms with Crippen LogP contribution >= 0.6 is 0 Å². The van der Waals surface area contributed by atoms with Gasteiger partial charge in [0.15, 0.2) is 0 Å². The van der Waals surface area contributed by atoms with E-state index in [2.05, 4.69) is 19.9 Å². The van der Waals surface area contributed by atoms with Gasteiger partial charge in [-0.2, -0.15) is 4.99 Å². The third-order valence-electron chi connectivity index (χ3n) is 5.54. The van der Waals surface area contributed by atoms with Gasteiger partial charge in [-0.05, 0) is 43.5 Å². The average Bonchev–Trinajstić information content (AvgIpc) is 2.80. The second kappa shape index (κ2) is 10.6. The Labute approximate surface area is 190 Å². The van der Waals surface area contributed by atoms with Crippen LogP contribution in [0.3, 0.4) is 0 Å². The summed E-state index contributed by atoms with van der Waals surface area (Å²) in [7, 11) is 0. The van der Waals surface area contributed by atoms with E-state index in [4.69, 9.17) is 11.5 Å². The predicted octanol–water partition coefficient (Wildman–Crippen LogP) is 4.57. The highest BCUT2D eigenvalue weighted by Gasteiger charge is 2.36. The highest BCUT2D eigenvalue weighted by Crippen LogP contribution is 2.33. The van der Waals surface area contributed by atoms with Gasteiger partial charge in [-0.15, -0.1) is 0 Å². The first-order valence-electron chi connectivity index (χ1n) is 10.7. The molecule has 7 heteroatoms. The quantitative estimate of drug-likeness (QED) is 0.450. The Hall–Kier alpha value is -3.61. The number of hydrogen-bond acceptors (Lipinski definition) is 5. The number of benzene rings is 1. The highest BCUT2D eigenvalue weighted by molar-refractivity contribution is 6.06. The van der Waals surface area contributed by atoms with E-state index in [0.29, 0.717) is 5.56 Å². The van der Waals surface area contributed by atoms with Gasteiger partial charge < -0.3 is 11.5 Å². The van der Waals surface area contributed by atoms with Gasteiger partial charge in [-0.25, -0.2) is 9.97 Å². The highest BCUT2D eigenvalue weighted by atomic mass is 16.1. The molecule has 168 valence electrons. The fourth-order valence-corrected chi connectivity index (χ4v) is 3.11. The number of hydrogen-bond donors (Lipinski definition) is 2. The van der Waals surface area contributed by atoms with Crippen LogP contribution in [0, 0.1) is 12.8 Å². The summed E-state index contributed by atoms with van der Waals surface area (Å²) in [5, 5.41) is 0. The number of nitrogens with zero attached hydrogens (tertiary/aromatic N) is 4. The van der Waals surface area contributed by atoms with Gasteiger partial charge in [-0.3, -0.25) is 9.78 Å². The molecule has 3 rings (SSSR count). The number of anilines is 1. The molecule has 0 spiro atoms. The summed E-state index contributed by atoms with van der Waals surface area (Å²) in [5.74, 6) is 0.195. The number of nitrogen functional groups attached to an aromatic ring is 1. The molecule has 7 nitrogen and oxygen atoms in total. The van der Waals surface area contributed by atoms with Crippen LogP contribution < -0.4 is 11.5 Å². The Bertz CT molecular complexity index is 1060. The summed E-state index contributed by atoms with van der Waals surface area (Å²) in [4.78, 5) is 29.4. The lowest BCUT2D eigenvalue weighted by atomic mass is 9.73. The molecule has 1 amide bonds. The maximum Gasteiger partial charge on any atom is 0.278 e. The van der Waals surface area contributed by atoms with E-state index in [9.17, 15) is 4.79 Å². The second-order valence-electron chi connectivity index (χ2n) is 7.79. The number of aromatic nitrogens is 3. The maximum absolute atomic E-state index is 12.6. The molecule has 1 atom stereocenters. The van der Waals surface area contributed by atoms with Crippen molar-refractivity contribution in [2.75, 3.05) is 5.73 Å². The number of amidine groups is 1. The molecule has 1 aromatic carbocycles. The zero-order valence-electron chi connectivity index (χ0n) is 19.6. The van der Waals surface area contributed by atoms with Gasteiger partial charge in [-0.1, -0.05) is 51.5 Å². The van der Waals surface area contributed by atoms with Gasteiger partial charge in [0, 0.05) is 29.7 Å². The Morgan fingerprint density at radius 2 is 1.56 bits per heavy atom. The SMILES string of the molecule is CC.Cc1ccc(C(=O)N=C(N)C(C)(c2ccc(-c3cnc(N)nc3)nc2)C(C)C)cc1. The fraction of sp³-hybridized carbons (Fsp3) is 0.320. The van der Waals surface area contributed by atoms with Crippen LogP contribution in [0.5, 0.6) is 0 Å². The second-order valence-corrected chi connectivity index (χ2v) is 7.79. The zero-order chi connectivity index (χ0) is 23.9. The summed E-state index contributed by atoms with van der Waals surface area (Å²) in [6.45, 7) is 12.0. The first kappa shape index (κ1) is 24.7. The van der Waals surface area contributed by atoms with Gasteiger partial charge in [0.25, 0.3) is 5.91 Å². The van der Waals surface area contributed by atoms with Crippen molar-refractivity contribution in [3.05, 3.63) is 71.7 Å². The summed E-state index contributed by atoms with van der Waals surface area (Å²) in [6.07, 6.45) is 5.01. The molecule has 2 heterocycles. The van der Waals surface area contributed by atoms with E-state index in [0.717, 1.165) is 22.4 Å². The zero-order valence-corrected chi connectivity index (χ0v) is 19.6. The maximum atomic E-state index is 12.6. The minimum absolute atomic E-state index is 0.0829. The largest absolute Gasteiger partial charge is 0.386 e. The lowest BCUT2D eigenvalue weighted by Gasteiger charge is -2.33. The fourth-order valence-electron chi connectivity index (χ4n) is 3.11. The average molecular weight is 433 g/mol. The predicted molar refractivity (Wildman–Crippen MR) is 130 cm³/mol. The lowest BCUT2D eigenvalue weighted by molar-refractivity contribution is 0.100. The normalized spacial score (nSPS) is 13.2. The summed E-state index contributed by atoms with van der Waals surface area (Å²) < 4.78 is 0. The van der Waals surface area contributed by atoms with E-state index >= 15 is 0 Å². The number of carbonyl (C=O) groups excluding carboxylic acids is 1. The van der Waals surface area contributed by atoms with E-state index < -0.39 is 5.41 Å². The summed E-state index contributed by atoms with van der Waals surface area (Å²) in [6, 6.07) is 11.1. The lowest BCUT2D eigenvalue weighted by Crippen LogP contribution is -2.43. The molecule has 0 fully saturated rings. The van der Waals surface area contributed by atoms with Gasteiger partial charge >= 0.3 is 0 Å². The standard InChI is InChI=1S/C23H26N6O.C2H6/c1-14(2)23(4,21(24)29-20(30)16-7-5-15(3)6-8-16)18-9-10-19(26-13-18)17-11-27-22(25)28-12-17;1-2/h5-14H,1-4H3,(H2,24,29,30)(H2,25,27,28);1-2H3. The molecule has 4 N–H and O–H groups in total. The molecule has 0 aliphatic carbocycles. The third kappa shape index (κ3) is 5.35. The van der Waals surface area contributed by atoms with Crippen molar-refractivity contribution in [1.29, 1.82) is 0 Å². The van der Waals surface area contributed by atoms with Crippen LogP contribution in [0.15, 0.2) is 60.0 Å². The summed E-state index contributed by atoms with van der Waals surface area (Å²) >= 11 is 0. The molecule has 0 bridgehead atoms. The van der Waals surface area contributed by atoms with Gasteiger partial charge in [0.2, 0.25) is 5.95 Å². The molecule has 0 radical (unpaired) electrons. The van der Waals surface area contributed by atoms with Crippen molar-refractivity contribution in [1.82, 2.24) is 15.0 Å². The van der Waals surface area contributed by atoms with Crippen LogP contribution in [-0.2, 0) is 5.41 Å². The van der Waals surface area contributed by atoms with Crippen LogP contribution in [0.2, 0.25) is 0 Å². The minimum Gasteiger partial charge on any atom is -0.386 e. The van der Waals surface area contributed by atoms with Crippen LogP contribution in [0.4, 0.5) is 5.95 Å².